The highest BCUT2D eigenvalue weighted by atomic mass is 16.6. The van der Waals surface area contributed by atoms with Gasteiger partial charge < -0.3 is 13.7 Å². The van der Waals surface area contributed by atoms with Crippen molar-refractivity contribution in [1.29, 1.82) is 0 Å². The molecule has 1 atom stereocenters. The molecular formula is C20H16N2O5. The SMILES string of the molecule is O=c1oc2nc3c(n2oc1=O)CCC(COc1cccc2ccccc12)C3. The van der Waals surface area contributed by atoms with E-state index in [0.717, 1.165) is 34.3 Å². The van der Waals surface area contributed by atoms with E-state index < -0.39 is 11.3 Å². The minimum atomic E-state index is -1.04. The highest BCUT2D eigenvalue weighted by Gasteiger charge is 2.26. The number of rotatable bonds is 3. The second kappa shape index (κ2) is 6.12. The predicted molar refractivity (Wildman–Crippen MR) is 97.2 cm³/mol. The van der Waals surface area contributed by atoms with Crippen LogP contribution in [0.4, 0.5) is 0 Å². The van der Waals surface area contributed by atoms with Crippen molar-refractivity contribution in [2.45, 2.75) is 19.3 Å². The molecule has 2 aromatic heterocycles. The zero-order chi connectivity index (χ0) is 18.4. The van der Waals surface area contributed by atoms with E-state index in [9.17, 15) is 9.59 Å². The van der Waals surface area contributed by atoms with Gasteiger partial charge in [-0.2, -0.15) is 4.98 Å². The van der Waals surface area contributed by atoms with Crippen molar-refractivity contribution < 1.29 is 13.7 Å². The van der Waals surface area contributed by atoms with Crippen molar-refractivity contribution in [2.24, 2.45) is 5.92 Å². The summed E-state index contributed by atoms with van der Waals surface area (Å²) in [6, 6.07) is 14.2. The van der Waals surface area contributed by atoms with Gasteiger partial charge in [0.25, 0.3) is 0 Å². The zero-order valence-corrected chi connectivity index (χ0v) is 14.4. The van der Waals surface area contributed by atoms with Gasteiger partial charge in [0.2, 0.25) is 0 Å². The fraction of sp³-hybridized carbons (Fsp3) is 0.250. The maximum absolute atomic E-state index is 11.4. The number of nitrogens with zero attached hydrogens (tertiary/aromatic N) is 2. The average molecular weight is 364 g/mol. The fourth-order valence-corrected chi connectivity index (χ4v) is 3.66. The first-order valence-electron chi connectivity index (χ1n) is 8.84. The first-order valence-corrected chi connectivity index (χ1v) is 8.84. The fourth-order valence-electron chi connectivity index (χ4n) is 3.66. The van der Waals surface area contributed by atoms with Crippen molar-refractivity contribution in [2.75, 3.05) is 6.61 Å². The molecule has 0 saturated carbocycles. The van der Waals surface area contributed by atoms with E-state index in [1.807, 2.05) is 24.3 Å². The Morgan fingerprint density at radius 2 is 1.96 bits per heavy atom. The average Bonchev–Trinajstić information content (AvgIpc) is 3.03. The number of benzene rings is 2. The molecule has 0 spiro atoms. The molecule has 0 fully saturated rings. The molecule has 2 aromatic carbocycles. The molecular weight excluding hydrogens is 348 g/mol. The minimum absolute atomic E-state index is 0.0280. The van der Waals surface area contributed by atoms with E-state index in [1.54, 1.807) is 0 Å². The molecule has 0 radical (unpaired) electrons. The Kier molecular flexibility index (Phi) is 3.60. The second-order valence-electron chi connectivity index (χ2n) is 6.75. The normalized spacial score (nSPS) is 16.5. The molecule has 7 nitrogen and oxygen atoms in total. The van der Waals surface area contributed by atoms with Crippen molar-refractivity contribution in [3.8, 4) is 5.75 Å². The lowest BCUT2D eigenvalue weighted by Crippen LogP contribution is -2.24. The number of aromatic nitrogens is 2. The Balaban J connectivity index is 1.38. The molecule has 4 aromatic rings. The Morgan fingerprint density at radius 1 is 1.11 bits per heavy atom. The maximum Gasteiger partial charge on any atom is 0.442 e. The van der Waals surface area contributed by atoms with Crippen LogP contribution in [0.5, 0.6) is 5.75 Å². The van der Waals surface area contributed by atoms with Crippen LogP contribution in [0.25, 0.3) is 16.6 Å². The second-order valence-corrected chi connectivity index (χ2v) is 6.75. The van der Waals surface area contributed by atoms with Crippen LogP contribution < -0.4 is 16.0 Å². The predicted octanol–water partition coefficient (Wildman–Crippen LogP) is 2.58. The number of imidazole rings is 1. The summed E-state index contributed by atoms with van der Waals surface area (Å²) >= 11 is 0. The van der Waals surface area contributed by atoms with Gasteiger partial charge >= 0.3 is 17.1 Å². The summed E-state index contributed by atoms with van der Waals surface area (Å²) in [6.45, 7) is 0.565. The summed E-state index contributed by atoms with van der Waals surface area (Å²) < 4.78 is 17.3. The van der Waals surface area contributed by atoms with Crippen molar-refractivity contribution in [1.82, 2.24) is 9.56 Å². The smallest absolute Gasteiger partial charge is 0.442 e. The van der Waals surface area contributed by atoms with Crippen LogP contribution in [0.3, 0.4) is 0 Å². The highest BCUT2D eigenvalue weighted by Crippen LogP contribution is 2.29. The van der Waals surface area contributed by atoms with E-state index in [0.29, 0.717) is 19.4 Å². The van der Waals surface area contributed by atoms with Gasteiger partial charge in [-0.15, -0.1) is 4.57 Å². The van der Waals surface area contributed by atoms with Crippen molar-refractivity contribution in [3.63, 3.8) is 0 Å². The van der Waals surface area contributed by atoms with Crippen LogP contribution in [-0.2, 0) is 12.8 Å². The van der Waals surface area contributed by atoms with E-state index in [-0.39, 0.29) is 11.8 Å². The quantitative estimate of drug-likeness (QED) is 0.519. The third-order valence-corrected chi connectivity index (χ3v) is 5.00. The van der Waals surface area contributed by atoms with Gasteiger partial charge in [0.05, 0.1) is 18.0 Å². The molecule has 2 heterocycles. The summed E-state index contributed by atoms with van der Waals surface area (Å²) in [7, 11) is 0. The lowest BCUT2D eigenvalue weighted by molar-refractivity contribution is 0.228. The van der Waals surface area contributed by atoms with Gasteiger partial charge in [0.15, 0.2) is 0 Å². The number of hydrogen-bond acceptors (Lipinski definition) is 6. The van der Waals surface area contributed by atoms with E-state index in [1.165, 1.54) is 4.57 Å². The van der Waals surface area contributed by atoms with Gasteiger partial charge in [-0.05, 0) is 36.6 Å². The maximum atomic E-state index is 11.4. The van der Waals surface area contributed by atoms with E-state index in [4.69, 9.17) is 13.7 Å². The molecule has 0 saturated heterocycles. The van der Waals surface area contributed by atoms with Crippen LogP contribution in [0.15, 0.2) is 61.0 Å². The van der Waals surface area contributed by atoms with Crippen molar-refractivity contribution >= 4 is 16.6 Å². The van der Waals surface area contributed by atoms with E-state index in [2.05, 4.69) is 23.2 Å². The zero-order valence-electron chi connectivity index (χ0n) is 14.4. The Bertz CT molecular complexity index is 1260. The first-order chi connectivity index (χ1) is 13.2. The van der Waals surface area contributed by atoms with Gasteiger partial charge in [0.1, 0.15) is 5.75 Å². The van der Waals surface area contributed by atoms with Crippen LogP contribution in [0.1, 0.15) is 17.8 Å². The summed E-state index contributed by atoms with van der Waals surface area (Å²) in [4.78, 5) is 27.1. The third-order valence-electron chi connectivity index (χ3n) is 5.00. The Labute approximate surface area is 152 Å². The number of aryl methyl sites for hydroxylation is 1. The number of ether oxygens (including phenoxy) is 1. The molecule has 5 rings (SSSR count). The van der Waals surface area contributed by atoms with Gasteiger partial charge in [-0.1, -0.05) is 36.4 Å². The van der Waals surface area contributed by atoms with Gasteiger partial charge in [-0.3, -0.25) is 0 Å². The molecule has 0 bridgehead atoms. The molecule has 0 amide bonds. The molecule has 7 heteroatoms. The first kappa shape index (κ1) is 15.9. The highest BCUT2D eigenvalue weighted by molar-refractivity contribution is 5.88. The molecule has 1 unspecified atom stereocenters. The number of fused-ring (bicyclic) bond motifs is 4. The van der Waals surface area contributed by atoms with Gasteiger partial charge in [-0.25, -0.2) is 9.59 Å². The summed E-state index contributed by atoms with van der Waals surface area (Å²) in [5, 5.41) is 2.24. The minimum Gasteiger partial charge on any atom is -0.493 e. The summed E-state index contributed by atoms with van der Waals surface area (Å²) in [5.74, 6) is 1.17. The van der Waals surface area contributed by atoms with Crippen LogP contribution in [0, 0.1) is 5.92 Å². The van der Waals surface area contributed by atoms with Crippen LogP contribution >= 0.6 is 0 Å². The standard InChI is InChI=1S/C20H16N2O5/c23-18-19(24)27-22-16-9-8-12(10-15(16)21-20(22)26-18)11-25-17-7-3-5-13-4-1-2-6-14(13)17/h1-7,12H,8-11H2. The van der Waals surface area contributed by atoms with Gasteiger partial charge in [0, 0.05) is 5.39 Å². The largest absolute Gasteiger partial charge is 0.493 e. The molecule has 27 heavy (non-hydrogen) atoms. The molecule has 1 aliphatic rings. The third kappa shape index (κ3) is 2.71. The molecule has 136 valence electrons. The van der Waals surface area contributed by atoms with Crippen molar-refractivity contribution in [3.05, 3.63) is 74.7 Å². The molecule has 0 N–H and O–H groups in total. The lowest BCUT2D eigenvalue weighted by Gasteiger charge is -2.21. The monoisotopic (exact) mass is 364 g/mol. The number of hydrogen-bond donors (Lipinski definition) is 0. The topological polar surface area (TPSA) is 87.0 Å². The Morgan fingerprint density at radius 3 is 2.89 bits per heavy atom. The molecule has 1 aliphatic carbocycles. The molecule has 0 aliphatic heterocycles. The van der Waals surface area contributed by atoms with Crippen LogP contribution in [-0.4, -0.2) is 16.2 Å². The van der Waals surface area contributed by atoms with Crippen LogP contribution in [0.2, 0.25) is 0 Å². The Hall–Kier alpha value is -3.35. The summed E-state index contributed by atoms with van der Waals surface area (Å²) in [5.41, 5.74) is -0.498. The summed E-state index contributed by atoms with van der Waals surface area (Å²) in [6.07, 6.45) is 2.22. The van der Waals surface area contributed by atoms with E-state index >= 15 is 0 Å². The lowest BCUT2D eigenvalue weighted by atomic mass is 9.90.